The summed E-state index contributed by atoms with van der Waals surface area (Å²) in [4.78, 5) is 15.5. The number of nitrogens with zero attached hydrogens (tertiary/aromatic N) is 4. The lowest BCUT2D eigenvalue weighted by Crippen LogP contribution is -2.00. The van der Waals surface area contributed by atoms with E-state index in [4.69, 9.17) is 15.0 Å². The first-order chi connectivity index (χ1) is 28.2. The molecule has 0 amide bonds. The Hall–Kier alpha value is -6.99. The van der Waals surface area contributed by atoms with Crippen LogP contribution >= 0.6 is 22.7 Å². The molecule has 0 saturated carbocycles. The van der Waals surface area contributed by atoms with Crippen molar-refractivity contribution in [1.82, 2.24) is 19.5 Å². The molecular weight excluding hydrogens is 733 g/mol. The van der Waals surface area contributed by atoms with Gasteiger partial charge in [-0.3, -0.25) is 0 Å². The summed E-state index contributed by atoms with van der Waals surface area (Å²) in [5, 5.41) is 7.41. The van der Waals surface area contributed by atoms with Crippen molar-refractivity contribution < 1.29 is 0 Å². The zero-order chi connectivity index (χ0) is 37.5. The number of rotatable bonds is 5. The number of thiophene rings is 2. The third kappa shape index (κ3) is 5.15. The van der Waals surface area contributed by atoms with Crippen molar-refractivity contribution in [3.8, 4) is 51.0 Å². The smallest absolute Gasteiger partial charge is 0.165 e. The van der Waals surface area contributed by atoms with Gasteiger partial charge in [0.2, 0.25) is 0 Å². The van der Waals surface area contributed by atoms with E-state index in [-0.39, 0.29) is 0 Å². The molecule has 0 aliphatic carbocycles. The fourth-order valence-corrected chi connectivity index (χ4v) is 10.8. The molecule has 266 valence electrons. The van der Waals surface area contributed by atoms with Gasteiger partial charge < -0.3 is 4.57 Å². The molecule has 0 atom stereocenters. The van der Waals surface area contributed by atoms with E-state index >= 15 is 0 Å². The van der Waals surface area contributed by atoms with Gasteiger partial charge in [0, 0.05) is 73.5 Å². The lowest BCUT2D eigenvalue weighted by atomic mass is 9.97. The fourth-order valence-electron chi connectivity index (χ4n) is 8.46. The molecule has 6 heteroatoms. The molecule has 0 bridgehead atoms. The van der Waals surface area contributed by atoms with Crippen LogP contribution in [0.25, 0.3) is 113 Å². The van der Waals surface area contributed by atoms with Gasteiger partial charge in [0.05, 0.1) is 11.0 Å². The summed E-state index contributed by atoms with van der Waals surface area (Å²) in [7, 11) is 0. The maximum absolute atomic E-state index is 5.25. The van der Waals surface area contributed by atoms with E-state index < -0.39 is 0 Å². The molecule has 0 N–H and O–H groups in total. The average molecular weight is 763 g/mol. The lowest BCUT2D eigenvalue weighted by Gasteiger charge is -2.10. The van der Waals surface area contributed by atoms with E-state index in [1.54, 1.807) is 11.3 Å². The summed E-state index contributed by atoms with van der Waals surface area (Å²) < 4.78 is 7.31. The van der Waals surface area contributed by atoms with Crippen molar-refractivity contribution in [1.29, 1.82) is 0 Å². The van der Waals surface area contributed by atoms with Crippen LogP contribution in [-0.2, 0) is 0 Å². The van der Waals surface area contributed by atoms with E-state index in [1.807, 2.05) is 29.5 Å². The second-order valence-corrected chi connectivity index (χ2v) is 16.5. The second-order valence-electron chi connectivity index (χ2n) is 14.4. The minimum absolute atomic E-state index is 0.657. The summed E-state index contributed by atoms with van der Waals surface area (Å²) >= 11 is 3.62. The normalized spacial score (nSPS) is 11.9. The Labute approximate surface area is 335 Å². The van der Waals surface area contributed by atoms with Crippen LogP contribution in [0.3, 0.4) is 0 Å². The predicted octanol–water partition coefficient (Wildman–Crippen LogP) is 14.4. The minimum Gasteiger partial charge on any atom is -0.309 e. The Balaban J connectivity index is 1.06. The second kappa shape index (κ2) is 12.8. The summed E-state index contributed by atoms with van der Waals surface area (Å²) in [6.07, 6.45) is 0. The predicted molar refractivity (Wildman–Crippen MR) is 242 cm³/mol. The monoisotopic (exact) mass is 762 g/mol. The van der Waals surface area contributed by atoms with Gasteiger partial charge in [0.15, 0.2) is 17.5 Å². The van der Waals surface area contributed by atoms with E-state index in [0.29, 0.717) is 17.5 Å². The van der Waals surface area contributed by atoms with Gasteiger partial charge in [-0.1, -0.05) is 121 Å². The van der Waals surface area contributed by atoms with Gasteiger partial charge in [-0.05, 0) is 71.8 Å². The molecule has 4 heterocycles. The average Bonchev–Trinajstić information content (AvgIpc) is 3.96. The van der Waals surface area contributed by atoms with Gasteiger partial charge in [-0.25, -0.2) is 15.0 Å². The van der Waals surface area contributed by atoms with Crippen molar-refractivity contribution in [2.75, 3.05) is 0 Å². The standard InChI is InChI=1S/C51H30N4S2/c1-3-13-31(14-4-1)49-52-50(54-51(53-49)40-21-11-20-39-38-18-8-10-23-44(38)57-48(39)40)33-26-28-45-41(29-33)47-35(19-12-24-46(47)56-45)32-25-27-37-36-17-7-9-22-42(36)55(43(37)30-32)34-15-5-2-6-16-34/h1-30H. The van der Waals surface area contributed by atoms with Crippen LogP contribution in [-0.4, -0.2) is 19.5 Å². The SMILES string of the molecule is c1ccc(-c2nc(-c3ccc4sc5cccc(-c6ccc7c8ccccc8n(-c8ccccc8)c7c6)c5c4c3)nc(-c3cccc4c3sc3ccccc34)n2)cc1. The quantitative estimate of drug-likeness (QED) is 0.175. The molecule has 0 unspecified atom stereocenters. The summed E-state index contributed by atoms with van der Waals surface area (Å²) in [6.45, 7) is 0. The zero-order valence-electron chi connectivity index (χ0n) is 30.4. The molecule has 0 aliphatic rings. The van der Waals surface area contributed by atoms with Crippen LogP contribution in [0.4, 0.5) is 0 Å². The highest BCUT2D eigenvalue weighted by Gasteiger charge is 2.19. The van der Waals surface area contributed by atoms with Crippen molar-refractivity contribution >= 4 is 84.8 Å². The molecular formula is C51H30N4S2. The van der Waals surface area contributed by atoms with Crippen LogP contribution < -0.4 is 0 Å². The van der Waals surface area contributed by atoms with Gasteiger partial charge in [0.1, 0.15) is 0 Å². The number of hydrogen-bond donors (Lipinski definition) is 0. The summed E-state index contributed by atoms with van der Waals surface area (Å²) in [6, 6.07) is 64.9. The Morgan fingerprint density at radius 2 is 0.982 bits per heavy atom. The van der Waals surface area contributed by atoms with Crippen LogP contribution in [0.5, 0.6) is 0 Å². The van der Waals surface area contributed by atoms with Crippen LogP contribution in [0.1, 0.15) is 0 Å². The van der Waals surface area contributed by atoms with Crippen molar-refractivity contribution in [2.24, 2.45) is 0 Å². The molecule has 0 spiro atoms. The maximum Gasteiger partial charge on any atom is 0.165 e. The first kappa shape index (κ1) is 32.3. The highest BCUT2D eigenvalue weighted by molar-refractivity contribution is 7.26. The molecule has 4 aromatic heterocycles. The Bertz CT molecular complexity index is 3530. The molecule has 12 aromatic rings. The Morgan fingerprint density at radius 3 is 1.86 bits per heavy atom. The maximum atomic E-state index is 5.25. The topological polar surface area (TPSA) is 43.6 Å². The number of aromatic nitrogens is 4. The van der Waals surface area contributed by atoms with E-state index in [2.05, 4.69) is 168 Å². The van der Waals surface area contributed by atoms with E-state index in [9.17, 15) is 0 Å². The Kier molecular flexibility index (Phi) is 7.24. The number of hydrogen-bond acceptors (Lipinski definition) is 5. The summed E-state index contributed by atoms with van der Waals surface area (Å²) in [5.74, 6) is 1.99. The highest BCUT2D eigenvalue weighted by atomic mass is 32.1. The fraction of sp³-hybridized carbons (Fsp3) is 0. The van der Waals surface area contributed by atoms with Crippen LogP contribution in [0.2, 0.25) is 0 Å². The largest absolute Gasteiger partial charge is 0.309 e. The number of fused-ring (bicyclic) bond motifs is 9. The van der Waals surface area contributed by atoms with Gasteiger partial charge in [0.25, 0.3) is 0 Å². The first-order valence-electron chi connectivity index (χ1n) is 19.0. The number of benzene rings is 8. The molecule has 0 saturated heterocycles. The van der Waals surface area contributed by atoms with Crippen molar-refractivity contribution in [3.63, 3.8) is 0 Å². The van der Waals surface area contributed by atoms with Crippen LogP contribution in [0.15, 0.2) is 182 Å². The van der Waals surface area contributed by atoms with Gasteiger partial charge in [-0.15, -0.1) is 22.7 Å². The number of para-hydroxylation sites is 2. The zero-order valence-corrected chi connectivity index (χ0v) is 32.1. The van der Waals surface area contributed by atoms with Gasteiger partial charge in [-0.2, -0.15) is 0 Å². The van der Waals surface area contributed by atoms with Crippen molar-refractivity contribution in [2.45, 2.75) is 0 Å². The Morgan fingerprint density at radius 1 is 0.351 bits per heavy atom. The molecule has 12 rings (SSSR count). The molecule has 0 fully saturated rings. The summed E-state index contributed by atoms with van der Waals surface area (Å²) in [5.41, 5.74) is 8.87. The molecule has 57 heavy (non-hydrogen) atoms. The first-order valence-corrected chi connectivity index (χ1v) is 20.7. The molecule has 0 radical (unpaired) electrons. The molecule has 8 aromatic carbocycles. The lowest BCUT2D eigenvalue weighted by molar-refractivity contribution is 1.08. The molecule has 4 nitrogen and oxygen atoms in total. The third-order valence-corrected chi connectivity index (χ3v) is 13.4. The third-order valence-electron chi connectivity index (χ3n) is 11.1. The van der Waals surface area contributed by atoms with Crippen molar-refractivity contribution in [3.05, 3.63) is 182 Å². The van der Waals surface area contributed by atoms with Gasteiger partial charge >= 0.3 is 0 Å². The molecule has 0 aliphatic heterocycles. The van der Waals surface area contributed by atoms with Crippen LogP contribution in [0, 0.1) is 0 Å². The van der Waals surface area contributed by atoms with E-state index in [1.165, 1.54) is 73.3 Å². The van der Waals surface area contributed by atoms with E-state index in [0.717, 1.165) is 22.4 Å². The minimum atomic E-state index is 0.657. The highest BCUT2D eigenvalue weighted by Crippen LogP contribution is 2.44.